The zero-order chi connectivity index (χ0) is 29.0. The number of piperidine rings is 2. The van der Waals surface area contributed by atoms with Gasteiger partial charge in [0.2, 0.25) is 5.91 Å². The van der Waals surface area contributed by atoms with Crippen LogP contribution in [0.4, 0.5) is 13.2 Å². The molecule has 2 atom stereocenters. The minimum atomic E-state index is -4.67. The van der Waals surface area contributed by atoms with Crippen molar-refractivity contribution in [2.75, 3.05) is 19.6 Å². The fourth-order valence-electron chi connectivity index (χ4n) is 6.53. The number of nitrogens with zero attached hydrogens (tertiary/aromatic N) is 4. The highest BCUT2D eigenvalue weighted by Crippen LogP contribution is 2.36. The van der Waals surface area contributed by atoms with Gasteiger partial charge in [-0.15, -0.1) is 5.10 Å². The van der Waals surface area contributed by atoms with Gasteiger partial charge in [0.25, 0.3) is 5.91 Å². The lowest BCUT2D eigenvalue weighted by Gasteiger charge is -2.43. The summed E-state index contributed by atoms with van der Waals surface area (Å²) in [5, 5.41) is 9.77. The van der Waals surface area contributed by atoms with Gasteiger partial charge in [0.1, 0.15) is 5.82 Å². The molecule has 41 heavy (non-hydrogen) atoms. The SMILES string of the molecule is CCCC1C(C(=O)N2CCC(c3ccccc3CCc3n[nH][nH]3)CC2)CCCN1C(=O)c1cnccc1C(F)(F)F. The van der Waals surface area contributed by atoms with Crippen molar-refractivity contribution in [3.63, 3.8) is 0 Å². The Morgan fingerprint density at radius 1 is 1.05 bits per heavy atom. The highest BCUT2D eigenvalue weighted by molar-refractivity contribution is 5.96. The Morgan fingerprint density at radius 2 is 1.80 bits per heavy atom. The van der Waals surface area contributed by atoms with Crippen molar-refractivity contribution in [2.45, 2.75) is 76.4 Å². The number of hydrogen-bond donors (Lipinski definition) is 2. The number of carbonyl (C=O) groups excluding carboxylic acids is 2. The third kappa shape index (κ3) is 6.33. The Hall–Kier alpha value is -3.63. The van der Waals surface area contributed by atoms with Gasteiger partial charge in [-0.3, -0.25) is 19.7 Å². The molecule has 2 fully saturated rings. The number of aromatic amines is 2. The van der Waals surface area contributed by atoms with Crippen LogP contribution >= 0.6 is 0 Å². The highest BCUT2D eigenvalue weighted by Gasteiger charge is 2.43. The van der Waals surface area contributed by atoms with Gasteiger partial charge < -0.3 is 9.80 Å². The van der Waals surface area contributed by atoms with Crippen LogP contribution in [0.15, 0.2) is 42.7 Å². The zero-order valence-electron chi connectivity index (χ0n) is 23.3. The third-order valence-electron chi connectivity index (χ3n) is 8.62. The maximum atomic E-state index is 13.9. The van der Waals surface area contributed by atoms with Gasteiger partial charge in [0.05, 0.1) is 17.0 Å². The molecule has 0 radical (unpaired) electrons. The molecule has 0 saturated carbocycles. The summed E-state index contributed by atoms with van der Waals surface area (Å²) < 4.78 is 41.0. The molecule has 2 aliphatic heterocycles. The first-order chi connectivity index (χ1) is 19.8. The Labute approximate surface area is 237 Å². The summed E-state index contributed by atoms with van der Waals surface area (Å²) >= 11 is 0. The molecule has 5 rings (SSSR count). The maximum absolute atomic E-state index is 13.9. The molecule has 8 nitrogen and oxygen atoms in total. The molecule has 2 N–H and O–H groups in total. The number of amides is 2. The van der Waals surface area contributed by atoms with Gasteiger partial charge in [-0.1, -0.05) is 37.6 Å². The van der Waals surface area contributed by atoms with Crippen LogP contribution in [0.3, 0.4) is 0 Å². The van der Waals surface area contributed by atoms with Gasteiger partial charge in [-0.2, -0.15) is 13.2 Å². The number of carbonyl (C=O) groups is 2. The van der Waals surface area contributed by atoms with E-state index in [1.165, 1.54) is 16.0 Å². The van der Waals surface area contributed by atoms with E-state index in [1.807, 2.05) is 11.8 Å². The quantitative estimate of drug-likeness (QED) is 0.381. The minimum Gasteiger partial charge on any atom is -0.342 e. The van der Waals surface area contributed by atoms with E-state index in [4.69, 9.17) is 0 Å². The van der Waals surface area contributed by atoms with E-state index in [0.29, 0.717) is 51.2 Å². The van der Waals surface area contributed by atoms with Crippen LogP contribution in [-0.2, 0) is 23.8 Å². The van der Waals surface area contributed by atoms with Crippen molar-refractivity contribution in [1.29, 1.82) is 0 Å². The number of likely N-dealkylation sites (tertiary alicyclic amines) is 2. The average molecular weight is 571 g/mol. The van der Waals surface area contributed by atoms with Gasteiger partial charge in [0, 0.05) is 44.5 Å². The first kappa shape index (κ1) is 28.9. The number of hydrogen-bond acceptors (Lipinski definition) is 4. The number of aromatic nitrogens is 4. The third-order valence-corrected chi connectivity index (χ3v) is 8.62. The highest BCUT2D eigenvalue weighted by atomic mass is 19.4. The Morgan fingerprint density at radius 3 is 2.49 bits per heavy atom. The summed E-state index contributed by atoms with van der Waals surface area (Å²) in [4.78, 5) is 34.6. The smallest absolute Gasteiger partial charge is 0.342 e. The van der Waals surface area contributed by atoms with E-state index in [1.54, 1.807) is 0 Å². The molecule has 0 aliphatic carbocycles. The number of H-pyrrole nitrogens is 2. The lowest BCUT2D eigenvalue weighted by molar-refractivity contribution is -0.141. The summed E-state index contributed by atoms with van der Waals surface area (Å²) in [6, 6.07) is 8.86. The average Bonchev–Trinajstić information content (AvgIpc) is 2.96. The fourth-order valence-corrected chi connectivity index (χ4v) is 6.53. The normalized spacial score (nSPS) is 20.4. The lowest BCUT2D eigenvalue weighted by Crippen LogP contribution is -2.54. The van der Waals surface area contributed by atoms with Crippen molar-refractivity contribution < 1.29 is 22.8 Å². The van der Waals surface area contributed by atoms with Crippen LogP contribution in [0.1, 0.15) is 84.2 Å². The van der Waals surface area contributed by atoms with Crippen LogP contribution in [0, 0.1) is 5.92 Å². The summed E-state index contributed by atoms with van der Waals surface area (Å²) in [6.45, 7) is 3.55. The predicted molar refractivity (Wildman–Crippen MR) is 147 cm³/mol. The van der Waals surface area contributed by atoms with E-state index >= 15 is 0 Å². The summed E-state index contributed by atoms with van der Waals surface area (Å²) in [7, 11) is 0. The van der Waals surface area contributed by atoms with Gasteiger partial charge in [-0.25, -0.2) is 5.21 Å². The number of pyridine rings is 1. The molecule has 11 heteroatoms. The van der Waals surface area contributed by atoms with E-state index in [-0.39, 0.29) is 5.91 Å². The van der Waals surface area contributed by atoms with Crippen LogP contribution in [0.25, 0.3) is 0 Å². The number of benzene rings is 1. The minimum absolute atomic E-state index is 0.0106. The number of aryl methyl sites for hydroxylation is 2. The van der Waals surface area contributed by atoms with E-state index in [2.05, 4.69) is 44.7 Å². The van der Waals surface area contributed by atoms with Crippen molar-refractivity contribution >= 4 is 11.8 Å². The Bertz CT molecular complexity index is 1320. The number of rotatable bonds is 8. The topological polar surface area (TPSA) is 98.0 Å². The molecule has 2 aliphatic rings. The molecule has 2 aromatic heterocycles. The lowest BCUT2D eigenvalue weighted by atomic mass is 9.82. The first-order valence-corrected chi connectivity index (χ1v) is 14.5. The largest absolute Gasteiger partial charge is 0.417 e. The molecular weight excluding hydrogens is 533 g/mol. The maximum Gasteiger partial charge on any atom is 0.417 e. The second kappa shape index (κ2) is 12.5. The van der Waals surface area contributed by atoms with Crippen molar-refractivity contribution in [1.82, 2.24) is 30.2 Å². The monoisotopic (exact) mass is 570 g/mol. The Kier molecular flexibility index (Phi) is 8.79. The molecule has 0 spiro atoms. The van der Waals surface area contributed by atoms with E-state index in [0.717, 1.165) is 50.0 Å². The standard InChI is InChI=1S/C30H37F3N6O2/c1-2-6-26-23(9-5-16-39(26)29(41)24-19-34-15-12-25(24)30(31,32)33)28(40)38-17-13-21(14-18-38)22-8-4-3-7-20(22)10-11-27-35-37-36-27/h3-4,7-8,12,15,19,21,23,26,37H,2,5-6,9-11,13-14,16-18H2,1H3,(H,35,36). The van der Waals surface area contributed by atoms with E-state index in [9.17, 15) is 22.8 Å². The van der Waals surface area contributed by atoms with Gasteiger partial charge >= 0.3 is 6.18 Å². The van der Waals surface area contributed by atoms with Crippen molar-refractivity contribution in [3.8, 4) is 0 Å². The molecule has 2 amide bonds. The molecule has 0 bridgehead atoms. The molecule has 2 saturated heterocycles. The second-order valence-corrected chi connectivity index (χ2v) is 11.1. The number of alkyl halides is 3. The van der Waals surface area contributed by atoms with Crippen molar-refractivity contribution in [3.05, 3.63) is 70.8 Å². The number of nitrogens with one attached hydrogen (secondary N) is 2. The first-order valence-electron chi connectivity index (χ1n) is 14.5. The molecular formula is C30H37F3N6O2. The van der Waals surface area contributed by atoms with Gasteiger partial charge in [0.15, 0.2) is 0 Å². The van der Waals surface area contributed by atoms with E-state index < -0.39 is 35.2 Å². The molecule has 3 aromatic rings. The molecule has 220 valence electrons. The fraction of sp³-hybridized carbons (Fsp3) is 0.533. The van der Waals surface area contributed by atoms with Crippen LogP contribution < -0.4 is 0 Å². The van der Waals surface area contributed by atoms with Crippen LogP contribution in [-0.4, -0.2) is 67.7 Å². The van der Waals surface area contributed by atoms with Gasteiger partial charge in [-0.05, 0) is 61.6 Å². The predicted octanol–water partition coefficient (Wildman–Crippen LogP) is 5.36. The van der Waals surface area contributed by atoms with Crippen LogP contribution in [0.2, 0.25) is 0 Å². The molecule has 1 aromatic carbocycles. The second-order valence-electron chi connectivity index (χ2n) is 11.1. The molecule has 4 heterocycles. The van der Waals surface area contributed by atoms with Crippen molar-refractivity contribution in [2.24, 2.45) is 5.92 Å². The number of halogens is 3. The summed E-state index contributed by atoms with van der Waals surface area (Å²) in [6.07, 6.45) is 3.27. The summed E-state index contributed by atoms with van der Waals surface area (Å²) in [5.74, 6) is 0.186. The summed E-state index contributed by atoms with van der Waals surface area (Å²) in [5.41, 5.74) is 1.18. The Balaban J connectivity index is 1.27. The zero-order valence-corrected chi connectivity index (χ0v) is 23.3. The molecule has 2 unspecified atom stereocenters. The van der Waals surface area contributed by atoms with Crippen LogP contribution in [0.5, 0.6) is 0 Å².